The smallest absolute Gasteiger partial charge is 0.262 e. The van der Waals surface area contributed by atoms with Gasteiger partial charge in [-0.05, 0) is 61.4 Å². The number of sulfonamides is 1. The van der Waals surface area contributed by atoms with E-state index < -0.39 is 15.8 Å². The monoisotopic (exact) mass is 413 g/mol. The second-order valence-corrected chi connectivity index (χ2v) is 8.04. The lowest BCUT2D eigenvalue weighted by Gasteiger charge is -2.16. The highest BCUT2D eigenvalue weighted by Gasteiger charge is 2.24. The first-order valence-electron chi connectivity index (χ1n) is 8.20. The average molecular weight is 414 g/mol. The van der Waals surface area contributed by atoms with Gasteiger partial charge in [-0.3, -0.25) is 9.52 Å². The number of amides is 1. The quantitative estimate of drug-likeness (QED) is 0.805. The van der Waals surface area contributed by atoms with Crippen LogP contribution in [0.15, 0.2) is 47.4 Å². The molecule has 0 aromatic heterocycles. The van der Waals surface area contributed by atoms with E-state index in [0.29, 0.717) is 29.9 Å². The van der Waals surface area contributed by atoms with E-state index in [1.54, 1.807) is 17.0 Å². The predicted molar refractivity (Wildman–Crippen MR) is 104 cm³/mol. The van der Waals surface area contributed by atoms with Crippen LogP contribution in [0, 0.1) is 12.7 Å². The topological polar surface area (TPSA) is 92.5 Å². The first-order valence-corrected chi connectivity index (χ1v) is 9.68. The molecule has 1 heterocycles. The van der Waals surface area contributed by atoms with Crippen LogP contribution >= 0.6 is 12.4 Å². The van der Waals surface area contributed by atoms with Gasteiger partial charge in [-0.25, -0.2) is 12.8 Å². The van der Waals surface area contributed by atoms with Crippen LogP contribution in [0.2, 0.25) is 0 Å². The summed E-state index contributed by atoms with van der Waals surface area (Å²) in [5.41, 5.74) is 6.93. The Morgan fingerprint density at radius 2 is 1.89 bits per heavy atom. The maximum Gasteiger partial charge on any atom is 0.262 e. The number of nitrogens with two attached hydrogens (primary N) is 1. The van der Waals surface area contributed by atoms with E-state index in [2.05, 4.69) is 4.72 Å². The van der Waals surface area contributed by atoms with Gasteiger partial charge in [0.2, 0.25) is 0 Å². The minimum Gasteiger partial charge on any atom is -0.337 e. The molecule has 0 radical (unpaired) electrons. The van der Waals surface area contributed by atoms with Gasteiger partial charge < -0.3 is 10.6 Å². The van der Waals surface area contributed by atoms with Gasteiger partial charge in [-0.15, -0.1) is 12.4 Å². The van der Waals surface area contributed by atoms with Crippen molar-refractivity contribution in [3.05, 3.63) is 59.4 Å². The predicted octanol–water partition coefficient (Wildman–Crippen LogP) is 2.53. The molecule has 0 unspecified atom stereocenters. The molecule has 0 spiro atoms. The molecule has 0 aliphatic carbocycles. The van der Waals surface area contributed by atoms with Gasteiger partial charge >= 0.3 is 0 Å². The van der Waals surface area contributed by atoms with Crippen molar-refractivity contribution in [1.29, 1.82) is 0 Å². The van der Waals surface area contributed by atoms with Gasteiger partial charge in [-0.1, -0.05) is 0 Å². The molecular formula is C18H21ClFN3O3S. The van der Waals surface area contributed by atoms with E-state index in [1.165, 1.54) is 25.1 Å². The number of likely N-dealkylation sites (tertiary alicyclic amines) is 1. The van der Waals surface area contributed by atoms with Crippen molar-refractivity contribution < 1.29 is 17.6 Å². The van der Waals surface area contributed by atoms with Gasteiger partial charge in [-0.2, -0.15) is 0 Å². The number of carbonyl (C=O) groups is 1. The summed E-state index contributed by atoms with van der Waals surface area (Å²) in [7, 11) is -3.85. The second-order valence-electron chi connectivity index (χ2n) is 6.39. The Morgan fingerprint density at radius 1 is 1.22 bits per heavy atom. The zero-order valence-electron chi connectivity index (χ0n) is 14.7. The molecular weight excluding hydrogens is 393 g/mol. The third-order valence-electron chi connectivity index (χ3n) is 4.32. The number of aryl methyl sites for hydroxylation is 1. The Kier molecular flexibility index (Phi) is 6.46. The largest absolute Gasteiger partial charge is 0.337 e. The molecule has 1 amide bonds. The lowest BCUT2D eigenvalue weighted by atomic mass is 10.2. The zero-order valence-corrected chi connectivity index (χ0v) is 16.3. The third kappa shape index (κ3) is 4.77. The highest BCUT2D eigenvalue weighted by molar-refractivity contribution is 7.92. The highest BCUT2D eigenvalue weighted by Crippen LogP contribution is 2.21. The van der Waals surface area contributed by atoms with Gasteiger partial charge in [0.15, 0.2) is 0 Å². The fourth-order valence-corrected chi connectivity index (χ4v) is 4.25. The summed E-state index contributed by atoms with van der Waals surface area (Å²) in [4.78, 5) is 14.1. The summed E-state index contributed by atoms with van der Waals surface area (Å²) in [6.45, 7) is 2.68. The van der Waals surface area contributed by atoms with Crippen molar-refractivity contribution in [2.24, 2.45) is 5.73 Å². The number of carbonyl (C=O) groups excluding carboxylic acids is 1. The molecule has 3 N–H and O–H groups in total. The van der Waals surface area contributed by atoms with Gasteiger partial charge in [0.05, 0.1) is 4.90 Å². The summed E-state index contributed by atoms with van der Waals surface area (Å²) >= 11 is 0. The van der Waals surface area contributed by atoms with E-state index >= 15 is 0 Å². The van der Waals surface area contributed by atoms with Crippen molar-refractivity contribution in [1.82, 2.24) is 4.90 Å². The second kappa shape index (κ2) is 8.24. The molecule has 1 atom stereocenters. The summed E-state index contributed by atoms with van der Waals surface area (Å²) in [6, 6.07) is 9.69. The SMILES string of the molecule is Cc1cc(F)ccc1S(=O)(=O)Nc1ccc(C(=O)N2CC[C@@H](N)C2)cc1.Cl. The van der Waals surface area contributed by atoms with Crippen molar-refractivity contribution in [3.63, 3.8) is 0 Å². The average Bonchev–Trinajstić information content (AvgIpc) is 3.00. The summed E-state index contributed by atoms with van der Waals surface area (Å²) < 4.78 is 40.6. The molecule has 0 saturated carbocycles. The Labute approximate surface area is 164 Å². The number of hydrogen-bond donors (Lipinski definition) is 2. The first kappa shape index (κ1) is 21.1. The molecule has 9 heteroatoms. The zero-order chi connectivity index (χ0) is 18.9. The number of halogens is 2. The maximum absolute atomic E-state index is 13.2. The van der Waals surface area contributed by atoms with E-state index in [-0.39, 0.29) is 29.3 Å². The van der Waals surface area contributed by atoms with Crippen LogP contribution in [-0.2, 0) is 10.0 Å². The van der Waals surface area contributed by atoms with E-state index in [9.17, 15) is 17.6 Å². The third-order valence-corrected chi connectivity index (χ3v) is 5.86. The molecule has 6 nitrogen and oxygen atoms in total. The van der Waals surface area contributed by atoms with Crippen LogP contribution in [0.5, 0.6) is 0 Å². The minimum absolute atomic E-state index is 0. The summed E-state index contributed by atoms with van der Waals surface area (Å²) in [5.74, 6) is -0.618. The molecule has 1 aliphatic heterocycles. The lowest BCUT2D eigenvalue weighted by Crippen LogP contribution is -2.31. The number of benzene rings is 2. The van der Waals surface area contributed by atoms with Crippen molar-refractivity contribution in [3.8, 4) is 0 Å². The molecule has 2 aromatic rings. The fourth-order valence-electron chi connectivity index (χ4n) is 2.96. The molecule has 0 bridgehead atoms. The van der Waals surface area contributed by atoms with Gasteiger partial charge in [0, 0.05) is 30.4 Å². The first-order chi connectivity index (χ1) is 12.3. The highest BCUT2D eigenvalue weighted by atomic mass is 35.5. The maximum atomic E-state index is 13.2. The summed E-state index contributed by atoms with van der Waals surface area (Å²) in [6.07, 6.45) is 0.778. The normalized spacial score (nSPS) is 16.7. The van der Waals surface area contributed by atoms with Crippen LogP contribution in [0.4, 0.5) is 10.1 Å². The van der Waals surface area contributed by atoms with Crippen LogP contribution in [0.1, 0.15) is 22.3 Å². The van der Waals surface area contributed by atoms with Gasteiger partial charge in [0.1, 0.15) is 5.82 Å². The number of anilines is 1. The van der Waals surface area contributed by atoms with E-state index in [0.717, 1.165) is 18.6 Å². The molecule has 1 saturated heterocycles. The van der Waals surface area contributed by atoms with Crippen molar-refractivity contribution in [2.75, 3.05) is 17.8 Å². The van der Waals surface area contributed by atoms with Crippen LogP contribution in [-0.4, -0.2) is 38.4 Å². The Morgan fingerprint density at radius 3 is 2.44 bits per heavy atom. The molecule has 27 heavy (non-hydrogen) atoms. The van der Waals surface area contributed by atoms with Crippen molar-refractivity contribution >= 4 is 34.0 Å². The van der Waals surface area contributed by atoms with Crippen LogP contribution < -0.4 is 10.5 Å². The molecule has 1 fully saturated rings. The number of nitrogens with one attached hydrogen (secondary N) is 1. The Bertz CT molecular complexity index is 935. The fraction of sp³-hybridized carbons (Fsp3) is 0.278. The van der Waals surface area contributed by atoms with Gasteiger partial charge in [0.25, 0.3) is 15.9 Å². The molecule has 1 aliphatic rings. The Hall–Kier alpha value is -2.16. The number of rotatable bonds is 4. The number of hydrogen-bond acceptors (Lipinski definition) is 4. The molecule has 3 rings (SSSR count). The van der Waals surface area contributed by atoms with E-state index in [4.69, 9.17) is 5.73 Å². The van der Waals surface area contributed by atoms with E-state index in [1.807, 2.05) is 0 Å². The minimum atomic E-state index is -3.85. The summed E-state index contributed by atoms with van der Waals surface area (Å²) in [5, 5.41) is 0. The van der Waals surface area contributed by atoms with Crippen LogP contribution in [0.3, 0.4) is 0 Å². The standard InChI is InChI=1S/C18H20FN3O3S.ClH/c1-12-10-14(19)4-7-17(12)26(24,25)21-16-5-2-13(3-6-16)18(23)22-9-8-15(20)11-22;/h2-7,10,15,21H,8-9,11,20H2,1H3;1H/t15-;/m1./s1. The lowest BCUT2D eigenvalue weighted by molar-refractivity contribution is 0.0791. The van der Waals surface area contributed by atoms with Crippen LogP contribution in [0.25, 0.3) is 0 Å². The molecule has 146 valence electrons. The van der Waals surface area contributed by atoms with Crippen molar-refractivity contribution in [2.45, 2.75) is 24.3 Å². The Balaban J connectivity index is 0.00000261. The molecule has 2 aromatic carbocycles. The number of nitrogens with zero attached hydrogens (tertiary/aromatic N) is 1.